The normalized spacial score (nSPS) is 11.2. The van der Waals surface area contributed by atoms with Gasteiger partial charge in [0.2, 0.25) is 5.91 Å². The van der Waals surface area contributed by atoms with E-state index in [-0.39, 0.29) is 24.1 Å². The van der Waals surface area contributed by atoms with Crippen LogP contribution >= 0.6 is 23.2 Å². The van der Waals surface area contributed by atoms with Gasteiger partial charge in [0.05, 0.1) is 35.6 Å². The highest BCUT2D eigenvalue weighted by atomic mass is 35.5. The zero-order valence-electron chi connectivity index (χ0n) is 23.6. The molecule has 0 aliphatic rings. The minimum Gasteiger partial charge on any atom is -0.496 e. The molecule has 2 amide bonds. The third-order valence-electron chi connectivity index (χ3n) is 6.37. The van der Waals surface area contributed by atoms with E-state index in [9.17, 15) is 9.59 Å². The van der Waals surface area contributed by atoms with Gasteiger partial charge in [-0.2, -0.15) is 5.10 Å². The maximum absolute atomic E-state index is 13.9. The number of rotatable bonds is 9. The highest BCUT2D eigenvalue weighted by molar-refractivity contribution is 6.42. The van der Waals surface area contributed by atoms with Crippen LogP contribution in [0.5, 0.6) is 11.5 Å². The number of ether oxygens (including phenoxy) is 2. The van der Waals surface area contributed by atoms with Crippen LogP contribution in [0.2, 0.25) is 10.0 Å². The lowest BCUT2D eigenvalue weighted by Gasteiger charge is -2.24. The quantitative estimate of drug-likeness (QED) is 0.231. The molecule has 3 aromatic carbocycles. The molecule has 10 heteroatoms. The van der Waals surface area contributed by atoms with Gasteiger partial charge in [-0.25, -0.2) is 4.68 Å². The maximum atomic E-state index is 13.9. The summed E-state index contributed by atoms with van der Waals surface area (Å²) < 4.78 is 12.5. The van der Waals surface area contributed by atoms with Gasteiger partial charge < -0.3 is 19.7 Å². The Morgan fingerprint density at radius 2 is 1.56 bits per heavy atom. The molecule has 1 aromatic heterocycles. The van der Waals surface area contributed by atoms with Crippen molar-refractivity contribution >= 4 is 40.8 Å². The van der Waals surface area contributed by atoms with Crippen molar-refractivity contribution in [3.63, 3.8) is 0 Å². The number of aromatic nitrogens is 2. The van der Waals surface area contributed by atoms with E-state index in [1.807, 2.05) is 57.2 Å². The van der Waals surface area contributed by atoms with Crippen molar-refractivity contribution in [1.82, 2.24) is 14.7 Å². The first-order valence-electron chi connectivity index (χ1n) is 12.9. The first-order chi connectivity index (χ1) is 19.5. The van der Waals surface area contributed by atoms with Gasteiger partial charge in [0.15, 0.2) is 0 Å². The summed E-state index contributed by atoms with van der Waals surface area (Å²) >= 11 is 12.4. The number of carbonyl (C=O) groups is 2. The SMILES string of the molecule is COc1cccc(OC)c1C(=O)N(CC(=O)Nc1cc(C(C)(C)C)nn1-c1ccc(Cl)c(Cl)c1)Cc1ccccc1. The van der Waals surface area contributed by atoms with E-state index >= 15 is 0 Å². The molecule has 0 bridgehead atoms. The lowest BCUT2D eigenvalue weighted by Crippen LogP contribution is -2.38. The number of nitrogens with zero attached hydrogens (tertiary/aromatic N) is 3. The van der Waals surface area contributed by atoms with Crippen LogP contribution in [0.3, 0.4) is 0 Å². The molecule has 214 valence electrons. The van der Waals surface area contributed by atoms with Gasteiger partial charge in [0.25, 0.3) is 5.91 Å². The van der Waals surface area contributed by atoms with Gasteiger partial charge in [0, 0.05) is 18.0 Å². The average molecular weight is 596 g/mol. The van der Waals surface area contributed by atoms with E-state index in [0.717, 1.165) is 11.3 Å². The Morgan fingerprint density at radius 1 is 0.902 bits per heavy atom. The van der Waals surface area contributed by atoms with Crippen LogP contribution in [0.1, 0.15) is 42.4 Å². The molecule has 0 aliphatic heterocycles. The number of carbonyl (C=O) groups excluding carboxylic acids is 2. The van der Waals surface area contributed by atoms with Crippen LogP contribution in [0.4, 0.5) is 5.82 Å². The maximum Gasteiger partial charge on any atom is 0.262 e. The third-order valence-corrected chi connectivity index (χ3v) is 7.11. The van der Waals surface area contributed by atoms with Crippen LogP contribution in [-0.4, -0.2) is 47.3 Å². The Morgan fingerprint density at radius 3 is 2.15 bits per heavy atom. The Balaban J connectivity index is 1.69. The van der Waals surface area contributed by atoms with Gasteiger partial charge in [-0.05, 0) is 35.9 Å². The molecule has 4 rings (SSSR count). The Labute approximate surface area is 249 Å². The molecule has 1 heterocycles. The number of halogens is 2. The van der Waals surface area contributed by atoms with Crippen molar-refractivity contribution in [1.29, 1.82) is 0 Å². The first-order valence-corrected chi connectivity index (χ1v) is 13.7. The lowest BCUT2D eigenvalue weighted by molar-refractivity contribution is -0.117. The number of amides is 2. The zero-order chi connectivity index (χ0) is 29.7. The van der Waals surface area contributed by atoms with Crippen molar-refractivity contribution in [2.75, 3.05) is 26.1 Å². The largest absolute Gasteiger partial charge is 0.496 e. The predicted octanol–water partition coefficient (Wildman–Crippen LogP) is 6.77. The second-order valence-corrected chi connectivity index (χ2v) is 11.2. The van der Waals surface area contributed by atoms with Crippen LogP contribution in [0.25, 0.3) is 5.69 Å². The predicted molar refractivity (Wildman–Crippen MR) is 162 cm³/mol. The van der Waals surface area contributed by atoms with Crippen molar-refractivity contribution in [2.24, 2.45) is 0 Å². The van der Waals surface area contributed by atoms with E-state index in [1.165, 1.54) is 19.1 Å². The molecule has 0 radical (unpaired) electrons. The van der Waals surface area contributed by atoms with Crippen LogP contribution in [0.15, 0.2) is 72.8 Å². The standard InChI is InChI=1S/C31H32Cl2N4O4/c1-31(2,3)26-17-27(37(35-26)21-14-15-22(32)23(33)16-21)34-28(38)19-36(18-20-10-7-6-8-11-20)30(39)29-24(40-4)12-9-13-25(29)41-5/h6-17H,18-19H2,1-5H3,(H,34,38). The summed E-state index contributed by atoms with van der Waals surface area (Å²) in [4.78, 5) is 29.0. The molecule has 0 aliphatic carbocycles. The van der Waals surface area contributed by atoms with Crippen molar-refractivity contribution in [2.45, 2.75) is 32.7 Å². The molecular weight excluding hydrogens is 563 g/mol. The van der Waals surface area contributed by atoms with Crippen molar-refractivity contribution in [3.8, 4) is 17.2 Å². The van der Waals surface area contributed by atoms with Crippen LogP contribution < -0.4 is 14.8 Å². The van der Waals surface area contributed by atoms with Gasteiger partial charge in [-0.1, -0.05) is 80.4 Å². The number of hydrogen-bond donors (Lipinski definition) is 1. The Hall–Kier alpha value is -4.01. The van der Waals surface area contributed by atoms with Crippen LogP contribution in [-0.2, 0) is 16.8 Å². The lowest BCUT2D eigenvalue weighted by atomic mass is 9.92. The summed E-state index contributed by atoms with van der Waals surface area (Å²) in [6.45, 7) is 6.03. The minimum absolute atomic E-state index is 0.188. The van der Waals surface area contributed by atoms with E-state index in [0.29, 0.717) is 33.0 Å². The molecule has 1 N–H and O–H groups in total. The average Bonchev–Trinajstić information content (AvgIpc) is 3.38. The minimum atomic E-state index is -0.412. The first kappa shape index (κ1) is 30.0. The smallest absolute Gasteiger partial charge is 0.262 e. The summed E-state index contributed by atoms with van der Waals surface area (Å²) in [5, 5.41) is 8.45. The molecule has 0 fully saturated rings. The van der Waals surface area contributed by atoms with Crippen molar-refractivity contribution < 1.29 is 19.1 Å². The molecule has 0 atom stereocenters. The van der Waals surface area contributed by atoms with Gasteiger partial charge in [-0.3, -0.25) is 9.59 Å². The summed E-state index contributed by atoms with van der Waals surface area (Å²) in [5.74, 6) is 0.303. The fourth-order valence-electron chi connectivity index (χ4n) is 4.23. The molecule has 41 heavy (non-hydrogen) atoms. The number of hydrogen-bond acceptors (Lipinski definition) is 5. The zero-order valence-corrected chi connectivity index (χ0v) is 25.1. The second kappa shape index (κ2) is 12.7. The number of benzene rings is 3. The van der Waals surface area contributed by atoms with Crippen molar-refractivity contribution in [3.05, 3.63) is 99.7 Å². The number of methoxy groups -OCH3 is 2. The topological polar surface area (TPSA) is 85.7 Å². The Bertz CT molecular complexity index is 1530. The highest BCUT2D eigenvalue weighted by Crippen LogP contribution is 2.31. The molecule has 4 aromatic rings. The molecule has 0 unspecified atom stereocenters. The van der Waals surface area contributed by atoms with Gasteiger partial charge >= 0.3 is 0 Å². The summed E-state index contributed by atoms with van der Waals surface area (Å²) in [5.41, 5.74) is 2.18. The number of nitrogens with one attached hydrogen (secondary N) is 1. The molecular formula is C31H32Cl2N4O4. The third kappa shape index (κ3) is 7.01. The highest BCUT2D eigenvalue weighted by Gasteiger charge is 2.27. The van der Waals surface area contributed by atoms with E-state index < -0.39 is 11.8 Å². The van der Waals surface area contributed by atoms with E-state index in [2.05, 4.69) is 5.32 Å². The molecule has 0 spiro atoms. The summed E-state index contributed by atoms with van der Waals surface area (Å²) in [6, 6.07) is 21.5. The summed E-state index contributed by atoms with van der Waals surface area (Å²) in [7, 11) is 2.97. The fourth-order valence-corrected chi connectivity index (χ4v) is 4.52. The molecule has 0 saturated heterocycles. The Kier molecular flexibility index (Phi) is 9.25. The second-order valence-electron chi connectivity index (χ2n) is 10.4. The van der Waals surface area contributed by atoms with Gasteiger partial charge in [-0.15, -0.1) is 0 Å². The van der Waals surface area contributed by atoms with E-state index in [4.69, 9.17) is 37.8 Å². The molecule has 0 saturated carbocycles. The summed E-state index contributed by atoms with van der Waals surface area (Å²) in [6.07, 6.45) is 0. The van der Waals surface area contributed by atoms with Gasteiger partial charge in [0.1, 0.15) is 29.4 Å². The monoisotopic (exact) mass is 594 g/mol. The van der Waals surface area contributed by atoms with Crippen LogP contribution in [0, 0.1) is 0 Å². The fraction of sp³-hybridized carbons (Fsp3) is 0.258. The number of anilines is 1. The molecule has 8 nitrogen and oxygen atoms in total. The van der Waals surface area contributed by atoms with E-state index in [1.54, 1.807) is 41.1 Å².